The van der Waals surface area contributed by atoms with Gasteiger partial charge in [0.15, 0.2) is 6.10 Å². The fourth-order valence-corrected chi connectivity index (χ4v) is 2.79. The van der Waals surface area contributed by atoms with Crippen LogP contribution < -0.4 is 10.1 Å². The lowest BCUT2D eigenvalue weighted by molar-refractivity contribution is -0.137. The van der Waals surface area contributed by atoms with Crippen molar-refractivity contribution in [1.82, 2.24) is 10.2 Å². The highest BCUT2D eigenvalue weighted by molar-refractivity contribution is 6.30. The lowest BCUT2D eigenvalue weighted by Gasteiger charge is -2.29. The summed E-state index contributed by atoms with van der Waals surface area (Å²) < 4.78 is 5.67. The van der Waals surface area contributed by atoms with E-state index in [0.29, 0.717) is 16.8 Å². The molecule has 1 aromatic carbocycles. The van der Waals surface area contributed by atoms with E-state index in [2.05, 4.69) is 5.32 Å². The van der Waals surface area contributed by atoms with Crippen LogP contribution >= 0.6 is 11.6 Å². The van der Waals surface area contributed by atoms with Crippen LogP contribution in [-0.4, -0.2) is 43.1 Å². The standard InChI is InChI=1S/C16H23ClN2O2/c1-12(21-15-8-5-6-13(17)10-15)16(20)19(2)11-14-7-3-4-9-18-14/h5-6,8,10,12,14,18H,3-4,7,9,11H2,1-2H3. The molecule has 0 saturated carbocycles. The molecule has 1 aliphatic rings. The van der Waals surface area contributed by atoms with Crippen LogP contribution in [0.3, 0.4) is 0 Å². The summed E-state index contributed by atoms with van der Waals surface area (Å²) in [6.07, 6.45) is 3.06. The van der Waals surface area contributed by atoms with E-state index in [0.717, 1.165) is 19.5 Å². The quantitative estimate of drug-likeness (QED) is 0.909. The fraction of sp³-hybridized carbons (Fsp3) is 0.562. The highest BCUT2D eigenvalue weighted by Gasteiger charge is 2.22. The molecule has 5 heteroatoms. The number of carbonyl (C=O) groups is 1. The van der Waals surface area contributed by atoms with Crippen molar-refractivity contribution in [2.75, 3.05) is 20.1 Å². The number of ether oxygens (including phenoxy) is 1. The summed E-state index contributed by atoms with van der Waals surface area (Å²) in [7, 11) is 1.83. The van der Waals surface area contributed by atoms with Crippen LogP contribution in [0.5, 0.6) is 5.75 Å². The summed E-state index contributed by atoms with van der Waals surface area (Å²) >= 11 is 5.92. The Hall–Kier alpha value is -1.26. The van der Waals surface area contributed by atoms with Crippen LogP contribution in [0.15, 0.2) is 24.3 Å². The Kier molecular flexibility index (Phi) is 5.88. The van der Waals surface area contributed by atoms with Crippen molar-refractivity contribution in [2.24, 2.45) is 0 Å². The van der Waals surface area contributed by atoms with Gasteiger partial charge in [-0.05, 0) is 44.5 Å². The van der Waals surface area contributed by atoms with Crippen molar-refractivity contribution in [3.63, 3.8) is 0 Å². The van der Waals surface area contributed by atoms with E-state index in [1.54, 1.807) is 30.0 Å². The molecule has 1 N–H and O–H groups in total. The Morgan fingerprint density at radius 3 is 3.00 bits per heavy atom. The van der Waals surface area contributed by atoms with Crippen molar-refractivity contribution in [2.45, 2.75) is 38.3 Å². The number of benzene rings is 1. The van der Waals surface area contributed by atoms with E-state index in [1.165, 1.54) is 12.8 Å². The number of hydrogen-bond acceptors (Lipinski definition) is 3. The van der Waals surface area contributed by atoms with Crippen LogP contribution in [0.25, 0.3) is 0 Å². The van der Waals surface area contributed by atoms with Crippen molar-refractivity contribution < 1.29 is 9.53 Å². The van der Waals surface area contributed by atoms with Gasteiger partial charge in [-0.2, -0.15) is 0 Å². The zero-order valence-corrected chi connectivity index (χ0v) is 13.4. The molecule has 0 spiro atoms. The van der Waals surface area contributed by atoms with Crippen LogP contribution in [0.2, 0.25) is 5.02 Å². The molecule has 1 amide bonds. The molecule has 0 aliphatic carbocycles. The Bertz CT molecular complexity index is 475. The molecule has 4 nitrogen and oxygen atoms in total. The van der Waals surface area contributed by atoms with Crippen molar-refractivity contribution in [1.29, 1.82) is 0 Å². The predicted molar refractivity (Wildman–Crippen MR) is 84.8 cm³/mol. The van der Waals surface area contributed by atoms with E-state index in [1.807, 2.05) is 13.1 Å². The first-order valence-electron chi connectivity index (χ1n) is 7.47. The average Bonchev–Trinajstić information content (AvgIpc) is 2.47. The van der Waals surface area contributed by atoms with Gasteiger partial charge in [-0.1, -0.05) is 24.1 Å². The summed E-state index contributed by atoms with van der Waals surface area (Å²) in [6.45, 7) is 3.54. The maximum absolute atomic E-state index is 12.3. The Morgan fingerprint density at radius 1 is 1.52 bits per heavy atom. The van der Waals surface area contributed by atoms with Gasteiger partial charge in [0, 0.05) is 24.7 Å². The number of nitrogens with one attached hydrogen (secondary N) is 1. The third kappa shape index (κ3) is 4.90. The second kappa shape index (κ2) is 7.66. The van der Waals surface area contributed by atoms with Gasteiger partial charge in [0.25, 0.3) is 5.91 Å². The summed E-state index contributed by atoms with van der Waals surface area (Å²) in [5.41, 5.74) is 0. The number of hydrogen-bond donors (Lipinski definition) is 1. The van der Waals surface area contributed by atoms with Gasteiger partial charge in [0.05, 0.1) is 0 Å². The number of amides is 1. The van der Waals surface area contributed by atoms with Crippen LogP contribution in [0.4, 0.5) is 0 Å². The molecule has 1 aliphatic heterocycles. The number of carbonyl (C=O) groups excluding carboxylic acids is 1. The number of piperidine rings is 1. The zero-order chi connectivity index (χ0) is 15.2. The second-order valence-electron chi connectivity index (χ2n) is 5.58. The molecule has 21 heavy (non-hydrogen) atoms. The number of likely N-dealkylation sites (N-methyl/N-ethyl adjacent to an activating group) is 1. The van der Waals surface area contributed by atoms with E-state index >= 15 is 0 Å². The fourth-order valence-electron chi connectivity index (χ4n) is 2.61. The molecule has 0 aromatic heterocycles. The maximum atomic E-state index is 12.3. The molecular formula is C16H23ClN2O2. The minimum atomic E-state index is -0.517. The highest BCUT2D eigenvalue weighted by atomic mass is 35.5. The van der Waals surface area contributed by atoms with Gasteiger partial charge in [-0.3, -0.25) is 4.79 Å². The lowest BCUT2D eigenvalue weighted by atomic mass is 10.0. The van der Waals surface area contributed by atoms with Crippen LogP contribution in [0, 0.1) is 0 Å². The van der Waals surface area contributed by atoms with Gasteiger partial charge in [0.1, 0.15) is 5.75 Å². The van der Waals surface area contributed by atoms with E-state index in [-0.39, 0.29) is 5.91 Å². The minimum Gasteiger partial charge on any atom is -0.481 e. The normalized spacial score (nSPS) is 19.9. The first-order valence-corrected chi connectivity index (χ1v) is 7.84. The Balaban J connectivity index is 1.85. The number of nitrogens with zero attached hydrogens (tertiary/aromatic N) is 1. The molecule has 1 aromatic rings. The smallest absolute Gasteiger partial charge is 0.263 e. The van der Waals surface area contributed by atoms with E-state index < -0.39 is 6.10 Å². The SMILES string of the molecule is CC(Oc1cccc(Cl)c1)C(=O)N(C)CC1CCCCN1. The van der Waals surface area contributed by atoms with Crippen molar-refractivity contribution >= 4 is 17.5 Å². The monoisotopic (exact) mass is 310 g/mol. The predicted octanol–water partition coefficient (Wildman–Crippen LogP) is 2.71. The molecule has 1 heterocycles. The lowest BCUT2D eigenvalue weighted by Crippen LogP contribution is -2.47. The van der Waals surface area contributed by atoms with Crippen LogP contribution in [0.1, 0.15) is 26.2 Å². The minimum absolute atomic E-state index is 0.0117. The molecule has 1 fully saturated rings. The first-order chi connectivity index (χ1) is 10.1. The summed E-state index contributed by atoms with van der Waals surface area (Å²) in [4.78, 5) is 14.1. The molecule has 2 unspecified atom stereocenters. The van der Waals surface area contributed by atoms with E-state index in [4.69, 9.17) is 16.3 Å². The molecule has 1 saturated heterocycles. The second-order valence-corrected chi connectivity index (χ2v) is 6.02. The molecule has 0 radical (unpaired) electrons. The first kappa shape index (κ1) is 16.1. The summed E-state index contributed by atoms with van der Waals surface area (Å²) in [5.74, 6) is 0.606. The topological polar surface area (TPSA) is 41.6 Å². The number of rotatable bonds is 5. The summed E-state index contributed by atoms with van der Waals surface area (Å²) in [5, 5.41) is 4.05. The largest absolute Gasteiger partial charge is 0.481 e. The molecule has 0 bridgehead atoms. The van der Waals surface area contributed by atoms with Gasteiger partial charge >= 0.3 is 0 Å². The third-order valence-electron chi connectivity index (χ3n) is 3.74. The maximum Gasteiger partial charge on any atom is 0.263 e. The Morgan fingerprint density at radius 2 is 2.33 bits per heavy atom. The average molecular weight is 311 g/mol. The number of halogens is 1. The van der Waals surface area contributed by atoms with E-state index in [9.17, 15) is 4.79 Å². The van der Waals surface area contributed by atoms with Crippen molar-refractivity contribution in [3.05, 3.63) is 29.3 Å². The van der Waals surface area contributed by atoms with Gasteiger partial charge in [-0.25, -0.2) is 0 Å². The molecular weight excluding hydrogens is 288 g/mol. The van der Waals surface area contributed by atoms with Gasteiger partial charge < -0.3 is 15.0 Å². The van der Waals surface area contributed by atoms with Gasteiger partial charge in [-0.15, -0.1) is 0 Å². The zero-order valence-electron chi connectivity index (χ0n) is 12.6. The highest BCUT2D eigenvalue weighted by Crippen LogP contribution is 2.19. The molecule has 2 rings (SSSR count). The molecule has 2 atom stereocenters. The van der Waals surface area contributed by atoms with Crippen molar-refractivity contribution in [3.8, 4) is 5.75 Å². The third-order valence-corrected chi connectivity index (χ3v) is 3.97. The van der Waals surface area contributed by atoms with Crippen LogP contribution in [-0.2, 0) is 4.79 Å². The summed E-state index contributed by atoms with van der Waals surface area (Å²) in [6, 6.07) is 7.50. The van der Waals surface area contributed by atoms with Gasteiger partial charge in [0.2, 0.25) is 0 Å². The molecule has 116 valence electrons. The Labute approximate surface area is 131 Å².